The van der Waals surface area contributed by atoms with Crippen LogP contribution in [0.1, 0.15) is 31.2 Å². The van der Waals surface area contributed by atoms with Gasteiger partial charge in [-0.05, 0) is 55.8 Å². The monoisotopic (exact) mass is 547 g/mol. The maximum Gasteiger partial charge on any atom is 0.338 e. The van der Waals surface area contributed by atoms with E-state index in [9.17, 15) is 9.59 Å². The van der Waals surface area contributed by atoms with Gasteiger partial charge < -0.3 is 14.1 Å². The average Bonchev–Trinajstić information content (AvgIpc) is 3.48. The van der Waals surface area contributed by atoms with Gasteiger partial charge in [0.1, 0.15) is 11.5 Å². The van der Waals surface area contributed by atoms with Gasteiger partial charge in [-0.15, -0.1) is 0 Å². The number of aromatic nitrogens is 1. The molecule has 4 aromatic rings. The zero-order valence-corrected chi connectivity index (χ0v) is 23.0. The molecule has 0 amide bonds. The lowest BCUT2D eigenvalue weighted by molar-refractivity contribution is -0.139. The van der Waals surface area contributed by atoms with Gasteiger partial charge >= 0.3 is 5.97 Å². The molecule has 1 aliphatic rings. The van der Waals surface area contributed by atoms with E-state index in [-0.39, 0.29) is 12.2 Å². The maximum atomic E-state index is 13.8. The molecule has 0 radical (unpaired) electrons. The summed E-state index contributed by atoms with van der Waals surface area (Å²) in [6.07, 6.45) is 1.69. The van der Waals surface area contributed by atoms with Crippen molar-refractivity contribution >= 4 is 40.7 Å². The zero-order chi connectivity index (χ0) is 27.0. The number of carbonyl (C=O) groups excluding carboxylic acids is 1. The van der Waals surface area contributed by atoms with Crippen molar-refractivity contribution in [1.29, 1.82) is 0 Å². The second kappa shape index (κ2) is 10.5. The number of furan rings is 1. The van der Waals surface area contributed by atoms with Gasteiger partial charge in [0, 0.05) is 31.4 Å². The minimum atomic E-state index is -0.668. The van der Waals surface area contributed by atoms with Crippen molar-refractivity contribution in [2.75, 3.05) is 25.6 Å². The molecule has 2 aromatic carbocycles. The molecule has 1 atom stereocenters. The van der Waals surface area contributed by atoms with Gasteiger partial charge in [-0.3, -0.25) is 9.36 Å². The third kappa shape index (κ3) is 4.73. The third-order valence-corrected chi connectivity index (χ3v) is 7.59. The molecule has 0 bridgehead atoms. The lowest BCUT2D eigenvalue weighted by Gasteiger charge is -2.25. The summed E-state index contributed by atoms with van der Waals surface area (Å²) < 4.78 is 13.4. The fourth-order valence-corrected chi connectivity index (χ4v) is 5.68. The summed E-state index contributed by atoms with van der Waals surface area (Å²) in [5.41, 5.74) is 3.18. The highest BCUT2D eigenvalue weighted by atomic mass is 35.5. The average molecular weight is 548 g/mol. The first-order chi connectivity index (χ1) is 18.3. The van der Waals surface area contributed by atoms with Crippen molar-refractivity contribution in [3.8, 4) is 11.3 Å². The van der Waals surface area contributed by atoms with Gasteiger partial charge in [0.25, 0.3) is 5.56 Å². The number of ether oxygens (including phenoxy) is 1. The summed E-state index contributed by atoms with van der Waals surface area (Å²) in [4.78, 5) is 34.0. The number of hydrogen-bond acceptors (Lipinski definition) is 7. The Balaban J connectivity index is 1.64. The molecule has 5 rings (SSSR count). The number of fused-ring (bicyclic) bond motifs is 1. The van der Waals surface area contributed by atoms with Crippen molar-refractivity contribution in [2.24, 2.45) is 4.99 Å². The Labute approximate surface area is 228 Å². The number of anilines is 1. The second-order valence-corrected chi connectivity index (χ2v) is 10.4. The molecule has 0 spiro atoms. The van der Waals surface area contributed by atoms with Crippen LogP contribution < -0.4 is 19.8 Å². The molecule has 0 N–H and O–H groups in total. The minimum Gasteiger partial charge on any atom is -0.463 e. The first-order valence-electron chi connectivity index (χ1n) is 12.1. The summed E-state index contributed by atoms with van der Waals surface area (Å²) in [6, 6.07) is 18.1. The summed E-state index contributed by atoms with van der Waals surface area (Å²) in [5.74, 6) is 0.632. The predicted molar refractivity (Wildman–Crippen MR) is 150 cm³/mol. The second-order valence-electron chi connectivity index (χ2n) is 8.97. The molecule has 1 aliphatic heterocycles. The highest BCUT2D eigenvalue weighted by Crippen LogP contribution is 2.32. The summed E-state index contributed by atoms with van der Waals surface area (Å²) in [5, 5.41) is 0.579. The van der Waals surface area contributed by atoms with E-state index in [1.807, 2.05) is 67.5 Å². The topological polar surface area (TPSA) is 77.0 Å². The van der Waals surface area contributed by atoms with E-state index in [2.05, 4.69) is 4.99 Å². The molecule has 3 heterocycles. The summed E-state index contributed by atoms with van der Waals surface area (Å²) in [6.45, 7) is 3.75. The number of thiazole rings is 1. The van der Waals surface area contributed by atoms with Crippen molar-refractivity contribution < 1.29 is 13.9 Å². The largest absolute Gasteiger partial charge is 0.463 e. The van der Waals surface area contributed by atoms with Gasteiger partial charge in [0.2, 0.25) is 0 Å². The van der Waals surface area contributed by atoms with Gasteiger partial charge in [-0.25, -0.2) is 9.79 Å². The molecule has 38 heavy (non-hydrogen) atoms. The predicted octanol–water partition coefficient (Wildman–Crippen LogP) is 4.78. The van der Waals surface area contributed by atoms with E-state index in [4.69, 9.17) is 20.8 Å². The maximum absolute atomic E-state index is 13.8. The van der Waals surface area contributed by atoms with Gasteiger partial charge in [0.15, 0.2) is 4.80 Å². The SMILES string of the molecule is CCOC(=O)C1=C(C)N=c2sc(=Cc3ccc(-c4ccccc4Cl)o3)c(=O)n2C1c1ccc(N(C)C)cc1. The quantitative estimate of drug-likeness (QED) is 0.325. The van der Waals surface area contributed by atoms with Crippen molar-refractivity contribution in [3.05, 3.63) is 108 Å². The fraction of sp³-hybridized carbons (Fsp3) is 0.207. The Morgan fingerprint density at radius 1 is 1.16 bits per heavy atom. The lowest BCUT2D eigenvalue weighted by Crippen LogP contribution is -2.39. The van der Waals surface area contributed by atoms with Crippen molar-refractivity contribution in [3.63, 3.8) is 0 Å². The Bertz CT molecular complexity index is 1730. The standard InChI is InChI=1S/C29H26ClN3O4S/c1-5-36-28(35)25-17(2)31-29-33(26(25)18-10-12-19(13-11-18)32(3)4)27(34)24(38-29)16-20-14-15-23(37-20)21-8-6-7-9-22(21)30/h6-16,26H,5H2,1-4H3. The molecule has 194 valence electrons. The van der Waals surface area contributed by atoms with E-state index in [0.29, 0.717) is 37.1 Å². The third-order valence-electron chi connectivity index (χ3n) is 6.28. The van der Waals surface area contributed by atoms with Crippen LogP contribution >= 0.6 is 22.9 Å². The summed E-state index contributed by atoms with van der Waals surface area (Å²) in [7, 11) is 3.91. The molecule has 9 heteroatoms. The van der Waals surface area contributed by atoms with Crippen LogP contribution in [0.4, 0.5) is 5.69 Å². The molecule has 0 saturated carbocycles. The number of halogens is 1. The van der Waals surface area contributed by atoms with Gasteiger partial charge in [0.05, 0.1) is 33.5 Å². The summed E-state index contributed by atoms with van der Waals surface area (Å²) >= 11 is 7.57. The molecule has 7 nitrogen and oxygen atoms in total. The first kappa shape index (κ1) is 25.8. The van der Waals surface area contributed by atoms with Gasteiger partial charge in [-0.2, -0.15) is 0 Å². The highest BCUT2D eigenvalue weighted by molar-refractivity contribution is 7.07. The number of hydrogen-bond donors (Lipinski definition) is 0. The van der Waals surface area contributed by atoms with E-state index in [1.54, 1.807) is 36.6 Å². The number of carbonyl (C=O) groups is 1. The number of rotatable bonds is 6. The van der Waals surface area contributed by atoms with E-state index < -0.39 is 12.0 Å². The Kier molecular flexibility index (Phi) is 7.10. The van der Waals surface area contributed by atoms with Crippen LogP contribution in [0.2, 0.25) is 5.02 Å². The van der Waals surface area contributed by atoms with E-state index in [0.717, 1.165) is 16.8 Å². The zero-order valence-electron chi connectivity index (χ0n) is 21.4. The molecule has 2 aromatic heterocycles. The van der Waals surface area contributed by atoms with Crippen LogP contribution in [0.25, 0.3) is 17.4 Å². The number of allylic oxidation sites excluding steroid dienone is 1. The molecular weight excluding hydrogens is 522 g/mol. The van der Waals surface area contributed by atoms with Crippen LogP contribution in [-0.4, -0.2) is 31.2 Å². The highest BCUT2D eigenvalue weighted by Gasteiger charge is 2.33. The van der Waals surface area contributed by atoms with Crippen LogP contribution in [-0.2, 0) is 9.53 Å². The molecule has 0 aliphatic carbocycles. The van der Waals surface area contributed by atoms with E-state index in [1.165, 1.54) is 11.3 Å². The normalized spacial score (nSPS) is 15.3. The number of esters is 1. The number of benzene rings is 2. The molecule has 0 saturated heterocycles. The first-order valence-corrected chi connectivity index (χ1v) is 13.3. The van der Waals surface area contributed by atoms with Crippen LogP contribution in [0.5, 0.6) is 0 Å². The van der Waals surface area contributed by atoms with Gasteiger partial charge in [-0.1, -0.05) is 47.2 Å². The van der Waals surface area contributed by atoms with Crippen LogP contribution in [0.3, 0.4) is 0 Å². The minimum absolute atomic E-state index is 0.221. The smallest absolute Gasteiger partial charge is 0.338 e. The lowest BCUT2D eigenvalue weighted by atomic mass is 9.95. The van der Waals surface area contributed by atoms with Crippen molar-refractivity contribution in [2.45, 2.75) is 19.9 Å². The van der Waals surface area contributed by atoms with Crippen LogP contribution in [0.15, 0.2) is 86.1 Å². The molecule has 0 fully saturated rings. The Morgan fingerprint density at radius 3 is 2.58 bits per heavy atom. The Hall–Kier alpha value is -3.88. The van der Waals surface area contributed by atoms with E-state index >= 15 is 0 Å². The van der Waals surface area contributed by atoms with Crippen LogP contribution in [0, 0.1) is 0 Å². The number of nitrogens with zero attached hydrogens (tertiary/aromatic N) is 3. The Morgan fingerprint density at radius 2 is 1.89 bits per heavy atom. The fourth-order valence-electron chi connectivity index (χ4n) is 4.43. The molecular formula is C29H26ClN3O4S. The van der Waals surface area contributed by atoms with Crippen molar-refractivity contribution in [1.82, 2.24) is 4.57 Å². The molecule has 1 unspecified atom stereocenters.